The van der Waals surface area contributed by atoms with E-state index in [2.05, 4.69) is 43.2 Å². The lowest BCUT2D eigenvalue weighted by Gasteiger charge is -2.10. The van der Waals surface area contributed by atoms with Crippen molar-refractivity contribution in [1.82, 2.24) is 4.72 Å². The molecule has 0 aliphatic carbocycles. The molecule has 1 rings (SSSR count). The van der Waals surface area contributed by atoms with Crippen LogP contribution in [0.1, 0.15) is 18.4 Å². The van der Waals surface area contributed by atoms with Gasteiger partial charge in [-0.1, -0.05) is 22.0 Å². The molecule has 0 saturated carbocycles. The van der Waals surface area contributed by atoms with Crippen molar-refractivity contribution in [2.45, 2.75) is 24.7 Å². The first kappa shape index (κ1) is 15.9. The Bertz CT molecular complexity index is 541. The van der Waals surface area contributed by atoms with Crippen molar-refractivity contribution in [3.05, 3.63) is 39.3 Å². The average molecular weight is 397 g/mol. The third-order valence-corrected chi connectivity index (χ3v) is 5.65. The highest BCUT2D eigenvalue weighted by Crippen LogP contribution is 2.28. The van der Waals surface area contributed by atoms with Gasteiger partial charge in [0.1, 0.15) is 0 Å². The van der Waals surface area contributed by atoms with Crippen LogP contribution in [0.3, 0.4) is 0 Å². The van der Waals surface area contributed by atoms with Crippen molar-refractivity contribution in [2.24, 2.45) is 0 Å². The zero-order chi connectivity index (χ0) is 13.8. The van der Waals surface area contributed by atoms with E-state index in [1.54, 1.807) is 18.2 Å². The lowest BCUT2D eigenvalue weighted by molar-refractivity contribution is 0.579. The highest BCUT2D eigenvalue weighted by atomic mass is 79.9. The van der Waals surface area contributed by atoms with Crippen LogP contribution < -0.4 is 4.72 Å². The van der Waals surface area contributed by atoms with Gasteiger partial charge in [-0.25, -0.2) is 13.1 Å². The molecule has 0 amide bonds. The monoisotopic (exact) mass is 395 g/mol. The normalized spacial score (nSPS) is 11.5. The minimum Gasteiger partial charge on any atom is -0.211 e. The van der Waals surface area contributed by atoms with E-state index in [9.17, 15) is 8.42 Å². The van der Waals surface area contributed by atoms with Gasteiger partial charge in [-0.3, -0.25) is 0 Å². The van der Waals surface area contributed by atoms with Gasteiger partial charge in [0.25, 0.3) is 0 Å². The molecule has 0 fully saturated rings. The van der Waals surface area contributed by atoms with Gasteiger partial charge in [0.15, 0.2) is 0 Å². The predicted octanol–water partition coefficient (Wildman–Crippen LogP) is 3.76. The van der Waals surface area contributed by atoms with E-state index in [4.69, 9.17) is 0 Å². The third kappa shape index (κ3) is 4.19. The van der Waals surface area contributed by atoms with Crippen LogP contribution in [0.2, 0.25) is 0 Å². The average Bonchev–Trinajstić information content (AvgIpc) is 2.29. The minimum atomic E-state index is -3.47. The van der Waals surface area contributed by atoms with E-state index < -0.39 is 10.0 Å². The number of aryl methyl sites for hydroxylation is 1. The topological polar surface area (TPSA) is 46.2 Å². The largest absolute Gasteiger partial charge is 0.241 e. The minimum absolute atomic E-state index is 0.249. The van der Waals surface area contributed by atoms with Crippen LogP contribution in [0, 0.1) is 6.92 Å². The Hall–Kier alpha value is -0.170. The summed E-state index contributed by atoms with van der Waals surface area (Å²) in [5, 5.41) is 0. The Morgan fingerprint density at radius 1 is 1.33 bits per heavy atom. The van der Waals surface area contributed by atoms with Gasteiger partial charge in [0, 0.05) is 15.5 Å². The lowest BCUT2D eigenvalue weighted by atomic mass is 10.2. The van der Waals surface area contributed by atoms with E-state index >= 15 is 0 Å². The SMILES string of the molecule is C=CCCCNS(=O)(=O)c1cc(Br)c(C)cc1Br. The van der Waals surface area contributed by atoms with E-state index in [0.29, 0.717) is 11.0 Å². The van der Waals surface area contributed by atoms with Crippen molar-refractivity contribution in [1.29, 1.82) is 0 Å². The van der Waals surface area contributed by atoms with Crippen LogP contribution in [0.15, 0.2) is 38.6 Å². The fourth-order valence-corrected chi connectivity index (χ4v) is 4.11. The molecule has 0 atom stereocenters. The van der Waals surface area contributed by atoms with Crippen LogP contribution in [0.25, 0.3) is 0 Å². The second-order valence-corrected chi connectivity index (χ2v) is 7.30. The van der Waals surface area contributed by atoms with Crippen LogP contribution >= 0.6 is 31.9 Å². The molecule has 0 bridgehead atoms. The summed E-state index contributed by atoms with van der Waals surface area (Å²) in [5.74, 6) is 0. The van der Waals surface area contributed by atoms with Gasteiger partial charge < -0.3 is 0 Å². The molecule has 6 heteroatoms. The number of nitrogens with one attached hydrogen (secondary N) is 1. The van der Waals surface area contributed by atoms with E-state index in [1.165, 1.54) is 0 Å². The summed E-state index contributed by atoms with van der Waals surface area (Å²) < 4.78 is 28.1. The summed E-state index contributed by atoms with van der Waals surface area (Å²) in [5.41, 5.74) is 0.979. The Kier molecular flexibility index (Phi) is 6.04. The number of sulfonamides is 1. The van der Waals surface area contributed by atoms with Crippen LogP contribution in [0.5, 0.6) is 0 Å². The van der Waals surface area contributed by atoms with E-state index in [-0.39, 0.29) is 4.90 Å². The maximum Gasteiger partial charge on any atom is 0.241 e. The zero-order valence-electron chi connectivity index (χ0n) is 10.0. The van der Waals surface area contributed by atoms with Gasteiger partial charge in [-0.15, -0.1) is 6.58 Å². The first-order valence-corrected chi connectivity index (χ1v) is 8.51. The van der Waals surface area contributed by atoms with Crippen LogP contribution in [0.4, 0.5) is 0 Å². The van der Waals surface area contributed by atoms with E-state index in [0.717, 1.165) is 22.9 Å². The quantitative estimate of drug-likeness (QED) is 0.587. The molecule has 0 unspecified atom stereocenters. The third-order valence-electron chi connectivity index (χ3n) is 2.38. The second kappa shape index (κ2) is 6.84. The molecule has 3 nitrogen and oxygen atoms in total. The Morgan fingerprint density at radius 3 is 2.61 bits per heavy atom. The van der Waals surface area contributed by atoms with Gasteiger partial charge in [-0.2, -0.15) is 0 Å². The van der Waals surface area contributed by atoms with Crippen molar-refractivity contribution < 1.29 is 8.42 Å². The predicted molar refractivity (Wildman–Crippen MR) is 81.2 cm³/mol. The Labute approximate surface area is 125 Å². The molecule has 0 aliphatic heterocycles. The maximum atomic E-state index is 12.1. The highest BCUT2D eigenvalue weighted by Gasteiger charge is 2.18. The maximum absolute atomic E-state index is 12.1. The second-order valence-electron chi connectivity index (χ2n) is 3.86. The first-order chi connectivity index (χ1) is 8.38. The molecule has 0 saturated heterocycles. The number of benzene rings is 1. The summed E-state index contributed by atoms with van der Waals surface area (Å²) >= 11 is 6.62. The van der Waals surface area contributed by atoms with Gasteiger partial charge in [-0.05, 0) is 53.4 Å². The summed E-state index contributed by atoms with van der Waals surface area (Å²) in [4.78, 5) is 0.249. The fourth-order valence-electron chi connectivity index (χ4n) is 1.36. The standard InChI is InChI=1S/C12H15Br2NO2S/c1-3-4-5-6-15-18(16,17)12-8-10(13)9(2)7-11(12)14/h3,7-8,15H,1,4-6H2,2H3. The van der Waals surface area contributed by atoms with Crippen LogP contribution in [-0.4, -0.2) is 15.0 Å². The molecule has 100 valence electrons. The number of allylic oxidation sites excluding steroid dienone is 1. The van der Waals surface area contributed by atoms with Crippen molar-refractivity contribution in [2.75, 3.05) is 6.54 Å². The lowest BCUT2D eigenvalue weighted by Crippen LogP contribution is -2.25. The summed E-state index contributed by atoms with van der Waals surface area (Å²) in [6.07, 6.45) is 3.31. The summed E-state index contributed by atoms with van der Waals surface area (Å²) in [6.45, 7) is 5.91. The fraction of sp³-hybridized carbons (Fsp3) is 0.333. The molecular formula is C12H15Br2NO2S. The number of unbranched alkanes of at least 4 members (excludes halogenated alkanes) is 1. The van der Waals surface area contributed by atoms with Gasteiger partial charge >= 0.3 is 0 Å². The summed E-state index contributed by atoms with van der Waals surface area (Å²) in [6, 6.07) is 3.39. The number of rotatable bonds is 6. The summed E-state index contributed by atoms with van der Waals surface area (Å²) in [7, 11) is -3.47. The van der Waals surface area contributed by atoms with Crippen molar-refractivity contribution >= 4 is 41.9 Å². The molecule has 1 aromatic carbocycles. The number of halogens is 2. The molecule has 18 heavy (non-hydrogen) atoms. The number of hydrogen-bond acceptors (Lipinski definition) is 2. The van der Waals surface area contributed by atoms with Gasteiger partial charge in [0.05, 0.1) is 4.90 Å². The van der Waals surface area contributed by atoms with E-state index in [1.807, 2.05) is 6.92 Å². The molecule has 0 aromatic heterocycles. The number of hydrogen-bond donors (Lipinski definition) is 1. The van der Waals surface area contributed by atoms with Crippen LogP contribution in [-0.2, 0) is 10.0 Å². The Morgan fingerprint density at radius 2 is 2.00 bits per heavy atom. The first-order valence-electron chi connectivity index (χ1n) is 5.44. The molecular weight excluding hydrogens is 382 g/mol. The zero-order valence-corrected chi connectivity index (χ0v) is 14.0. The van der Waals surface area contributed by atoms with Crippen molar-refractivity contribution in [3.63, 3.8) is 0 Å². The highest BCUT2D eigenvalue weighted by molar-refractivity contribution is 9.11. The molecule has 1 aromatic rings. The molecule has 0 radical (unpaired) electrons. The molecule has 1 N–H and O–H groups in total. The van der Waals surface area contributed by atoms with Crippen molar-refractivity contribution in [3.8, 4) is 0 Å². The molecule has 0 spiro atoms. The molecule has 0 heterocycles. The Balaban J connectivity index is 2.91. The smallest absolute Gasteiger partial charge is 0.211 e. The molecule has 0 aliphatic rings. The van der Waals surface area contributed by atoms with Gasteiger partial charge in [0.2, 0.25) is 10.0 Å².